The molecule has 434 valence electrons. The number of hydrogen-bond donors (Lipinski definition) is 3. The van der Waals surface area contributed by atoms with Crippen molar-refractivity contribution in [2.75, 3.05) is 13.2 Å². The molecule has 73 heavy (non-hydrogen) atoms. The molecule has 0 aromatic rings. The van der Waals surface area contributed by atoms with Gasteiger partial charge in [0.15, 0.2) is 0 Å². The zero-order valence-electron chi connectivity index (χ0n) is 49.6. The molecule has 0 aromatic carbocycles. The Morgan fingerprint density at radius 3 is 1.00 bits per heavy atom. The highest BCUT2D eigenvalue weighted by atomic mass is 16.5. The van der Waals surface area contributed by atoms with Crippen molar-refractivity contribution in [3.63, 3.8) is 0 Å². The number of esters is 1. The van der Waals surface area contributed by atoms with Crippen molar-refractivity contribution >= 4 is 11.9 Å². The predicted molar refractivity (Wildman–Crippen MR) is 320 cm³/mol. The molecule has 0 bridgehead atoms. The van der Waals surface area contributed by atoms with Gasteiger partial charge in [0.2, 0.25) is 5.91 Å². The van der Waals surface area contributed by atoms with Crippen LogP contribution in [0.25, 0.3) is 0 Å². The van der Waals surface area contributed by atoms with Crippen molar-refractivity contribution in [2.24, 2.45) is 0 Å². The van der Waals surface area contributed by atoms with Crippen LogP contribution in [0, 0.1) is 0 Å². The van der Waals surface area contributed by atoms with Crippen molar-refractivity contribution in [3.8, 4) is 0 Å². The Kier molecular flexibility index (Phi) is 61.9. The Bertz CT molecular complexity index is 1100. The molecule has 1 amide bonds. The van der Waals surface area contributed by atoms with Crippen LogP contribution in [-0.2, 0) is 14.3 Å². The van der Waals surface area contributed by atoms with Gasteiger partial charge in [-0.05, 0) is 51.4 Å². The molecule has 2 unspecified atom stereocenters. The molecule has 0 aliphatic heterocycles. The van der Waals surface area contributed by atoms with Gasteiger partial charge in [-0.1, -0.05) is 328 Å². The molecule has 0 heterocycles. The Labute approximate surface area is 457 Å². The molecule has 6 nitrogen and oxygen atoms in total. The minimum atomic E-state index is -0.667. The predicted octanol–water partition coefficient (Wildman–Crippen LogP) is 21.2. The van der Waals surface area contributed by atoms with E-state index in [-0.39, 0.29) is 18.5 Å². The van der Waals surface area contributed by atoms with Crippen LogP contribution in [0.4, 0.5) is 0 Å². The third kappa shape index (κ3) is 59.7. The topological polar surface area (TPSA) is 95.9 Å². The minimum Gasteiger partial charge on any atom is -0.466 e. The van der Waals surface area contributed by atoms with E-state index in [0.717, 1.165) is 44.9 Å². The van der Waals surface area contributed by atoms with Crippen LogP contribution in [-0.4, -0.2) is 47.4 Å². The highest BCUT2D eigenvalue weighted by Crippen LogP contribution is 2.19. The first-order valence-electron chi connectivity index (χ1n) is 33.4. The van der Waals surface area contributed by atoms with Crippen molar-refractivity contribution in [1.29, 1.82) is 0 Å². The van der Waals surface area contributed by atoms with E-state index in [9.17, 15) is 19.8 Å². The molecular weight excluding hydrogens is 899 g/mol. The Morgan fingerprint density at radius 1 is 0.370 bits per heavy atom. The average molecular weight is 1030 g/mol. The van der Waals surface area contributed by atoms with Gasteiger partial charge in [0.05, 0.1) is 25.4 Å². The summed E-state index contributed by atoms with van der Waals surface area (Å²) in [6.07, 6.45) is 76.7. The SMILES string of the molecule is CCCCC/C=C\CCCCCCCC(=O)OCCCCCCCCCCCCCCCCCCCCCC(=O)NC(CO)C(O)CCCCCCCCCCCCCCCCCCCCCCCCCCC. The minimum absolute atomic E-state index is 0.000165. The number of carbonyl (C=O) groups excluding carboxylic acids is 2. The number of aliphatic hydroxyl groups excluding tert-OH is 2. The maximum absolute atomic E-state index is 12.5. The van der Waals surface area contributed by atoms with Gasteiger partial charge in [0, 0.05) is 12.8 Å². The van der Waals surface area contributed by atoms with Gasteiger partial charge in [-0.3, -0.25) is 9.59 Å². The fourth-order valence-corrected chi connectivity index (χ4v) is 10.7. The quantitative estimate of drug-likeness (QED) is 0.0320. The third-order valence-corrected chi connectivity index (χ3v) is 15.8. The number of unbranched alkanes of at least 4 members (excludes halogenated alkanes) is 50. The summed E-state index contributed by atoms with van der Waals surface area (Å²) in [6.45, 7) is 4.96. The molecule has 0 fully saturated rings. The van der Waals surface area contributed by atoms with E-state index in [1.54, 1.807) is 0 Å². The summed E-state index contributed by atoms with van der Waals surface area (Å²) in [5.41, 5.74) is 0. The van der Waals surface area contributed by atoms with Gasteiger partial charge in [-0.25, -0.2) is 0 Å². The zero-order chi connectivity index (χ0) is 52.9. The molecule has 0 saturated heterocycles. The largest absolute Gasteiger partial charge is 0.466 e. The van der Waals surface area contributed by atoms with Crippen LogP contribution >= 0.6 is 0 Å². The first kappa shape index (κ1) is 71.6. The van der Waals surface area contributed by atoms with E-state index in [0.29, 0.717) is 25.9 Å². The van der Waals surface area contributed by atoms with Crippen LogP contribution in [0.2, 0.25) is 0 Å². The second kappa shape index (κ2) is 63.1. The molecule has 0 saturated carbocycles. The summed E-state index contributed by atoms with van der Waals surface area (Å²) < 4.78 is 5.47. The fourth-order valence-electron chi connectivity index (χ4n) is 10.7. The number of amides is 1. The number of allylic oxidation sites excluding steroid dienone is 2. The monoisotopic (exact) mass is 1030 g/mol. The maximum atomic E-state index is 12.5. The summed E-state index contributed by atoms with van der Waals surface area (Å²) >= 11 is 0. The molecule has 0 aliphatic carbocycles. The summed E-state index contributed by atoms with van der Waals surface area (Å²) in [6, 6.07) is -0.545. The van der Waals surface area contributed by atoms with E-state index >= 15 is 0 Å². The van der Waals surface area contributed by atoms with E-state index in [1.807, 2.05) is 0 Å². The molecule has 0 spiro atoms. The smallest absolute Gasteiger partial charge is 0.305 e. The van der Waals surface area contributed by atoms with Gasteiger partial charge >= 0.3 is 5.97 Å². The summed E-state index contributed by atoms with van der Waals surface area (Å²) in [5, 5.41) is 23.4. The summed E-state index contributed by atoms with van der Waals surface area (Å²) in [7, 11) is 0. The van der Waals surface area contributed by atoms with Crippen LogP contribution in [0.1, 0.15) is 380 Å². The molecule has 0 rings (SSSR count). The highest BCUT2D eigenvalue weighted by molar-refractivity contribution is 5.76. The number of ether oxygens (including phenoxy) is 1. The van der Waals surface area contributed by atoms with Crippen molar-refractivity contribution in [1.82, 2.24) is 5.32 Å². The Hall–Kier alpha value is -1.40. The van der Waals surface area contributed by atoms with Gasteiger partial charge in [-0.15, -0.1) is 0 Å². The number of hydrogen-bond acceptors (Lipinski definition) is 5. The van der Waals surface area contributed by atoms with E-state index in [4.69, 9.17) is 4.74 Å². The summed E-state index contributed by atoms with van der Waals surface area (Å²) in [4.78, 5) is 24.6. The third-order valence-electron chi connectivity index (χ3n) is 15.8. The lowest BCUT2D eigenvalue weighted by Crippen LogP contribution is -2.45. The first-order valence-corrected chi connectivity index (χ1v) is 33.4. The van der Waals surface area contributed by atoms with Gasteiger partial charge in [0.1, 0.15) is 0 Å². The maximum Gasteiger partial charge on any atom is 0.305 e. The van der Waals surface area contributed by atoms with Crippen molar-refractivity contribution in [2.45, 2.75) is 392 Å². The number of aliphatic hydroxyl groups is 2. The van der Waals surface area contributed by atoms with E-state index in [2.05, 4.69) is 31.3 Å². The van der Waals surface area contributed by atoms with Crippen molar-refractivity contribution in [3.05, 3.63) is 12.2 Å². The van der Waals surface area contributed by atoms with Crippen LogP contribution in [0.5, 0.6) is 0 Å². The molecule has 0 radical (unpaired) electrons. The highest BCUT2D eigenvalue weighted by Gasteiger charge is 2.20. The zero-order valence-corrected chi connectivity index (χ0v) is 49.6. The number of rotatable bonds is 63. The molecule has 3 N–H and O–H groups in total. The molecule has 0 aliphatic rings. The van der Waals surface area contributed by atoms with Gasteiger partial charge in [0.25, 0.3) is 0 Å². The molecular formula is C67H131NO5. The second-order valence-electron chi connectivity index (χ2n) is 23.2. The van der Waals surface area contributed by atoms with Crippen LogP contribution in [0.3, 0.4) is 0 Å². The lowest BCUT2D eigenvalue weighted by atomic mass is 10.0. The fraction of sp³-hybridized carbons (Fsp3) is 0.940. The van der Waals surface area contributed by atoms with Gasteiger partial charge < -0.3 is 20.3 Å². The Balaban J connectivity index is 3.40. The van der Waals surface area contributed by atoms with Crippen LogP contribution in [0.15, 0.2) is 12.2 Å². The first-order chi connectivity index (χ1) is 36.0. The lowest BCUT2D eigenvalue weighted by molar-refractivity contribution is -0.143. The normalized spacial score (nSPS) is 12.5. The number of nitrogens with one attached hydrogen (secondary N) is 1. The average Bonchev–Trinajstić information content (AvgIpc) is 3.39. The van der Waals surface area contributed by atoms with Crippen LogP contribution < -0.4 is 5.32 Å². The van der Waals surface area contributed by atoms with E-state index in [1.165, 1.54) is 302 Å². The van der Waals surface area contributed by atoms with Gasteiger partial charge in [-0.2, -0.15) is 0 Å². The van der Waals surface area contributed by atoms with Crippen molar-refractivity contribution < 1.29 is 24.5 Å². The summed E-state index contributed by atoms with van der Waals surface area (Å²) in [5.74, 6) is -0.0329. The standard InChI is InChI=1S/C67H131NO5/c1-3-5-7-9-11-13-15-17-18-19-20-21-22-23-24-25-27-30-33-36-39-43-47-51-55-59-65(70)64(63-69)68-66(71)60-56-52-48-44-40-37-34-31-28-26-29-32-35-38-42-46-50-54-58-62-73-67(72)61-57-53-49-45-41-16-14-12-10-8-6-4-2/h12,14,64-65,69-70H,3-11,13,15-63H2,1-2H3,(H,68,71)/b14-12-. The molecule has 2 atom stereocenters. The van der Waals surface area contributed by atoms with E-state index < -0.39 is 12.1 Å². The molecule has 0 aromatic heterocycles. The molecule has 6 heteroatoms. The second-order valence-corrected chi connectivity index (χ2v) is 23.2. The number of carbonyl (C=O) groups is 2. The Morgan fingerprint density at radius 2 is 0.644 bits per heavy atom. The lowest BCUT2D eigenvalue weighted by Gasteiger charge is -2.22.